The number of rotatable bonds is 12. The molecule has 0 saturated heterocycles. The highest BCUT2D eigenvalue weighted by Gasteiger charge is 2.34. The molecule has 3 aromatic carbocycles. The molecule has 0 bridgehead atoms. The summed E-state index contributed by atoms with van der Waals surface area (Å²) >= 11 is 0. The van der Waals surface area contributed by atoms with Crippen LogP contribution in [0.4, 0.5) is 5.69 Å². The van der Waals surface area contributed by atoms with E-state index in [2.05, 4.69) is 5.32 Å². The fourth-order valence-electron chi connectivity index (χ4n) is 4.28. The Labute approximate surface area is 249 Å². The number of amides is 2. The Morgan fingerprint density at radius 2 is 1.57 bits per heavy atom. The van der Waals surface area contributed by atoms with Crippen LogP contribution in [0.1, 0.15) is 45.7 Å². The van der Waals surface area contributed by atoms with Crippen LogP contribution in [0.15, 0.2) is 77.7 Å². The molecule has 9 nitrogen and oxygen atoms in total. The number of nitrogens with one attached hydrogen (secondary N) is 1. The fourth-order valence-corrected chi connectivity index (χ4v) is 5.70. The van der Waals surface area contributed by atoms with E-state index >= 15 is 0 Å². The van der Waals surface area contributed by atoms with Gasteiger partial charge in [0.15, 0.2) is 0 Å². The highest BCUT2D eigenvalue weighted by atomic mass is 32.2. The van der Waals surface area contributed by atoms with Crippen molar-refractivity contribution in [2.45, 2.75) is 64.6 Å². The molecule has 3 aromatic rings. The Morgan fingerprint density at radius 3 is 2.14 bits per heavy atom. The van der Waals surface area contributed by atoms with Gasteiger partial charge in [-0.3, -0.25) is 13.9 Å². The summed E-state index contributed by atoms with van der Waals surface area (Å²) in [6.07, 6.45) is 0. The summed E-state index contributed by atoms with van der Waals surface area (Å²) in [5.41, 5.74) is 1.35. The van der Waals surface area contributed by atoms with Crippen molar-refractivity contribution in [3.8, 4) is 11.5 Å². The van der Waals surface area contributed by atoms with Crippen molar-refractivity contribution in [2.24, 2.45) is 0 Å². The van der Waals surface area contributed by atoms with Gasteiger partial charge in [0, 0.05) is 12.1 Å². The first-order valence-electron chi connectivity index (χ1n) is 13.8. The quantitative estimate of drug-likeness (QED) is 0.318. The van der Waals surface area contributed by atoms with Gasteiger partial charge in [0.05, 0.1) is 24.3 Å². The molecule has 1 atom stereocenters. The molecular formula is C32H41N3O6S. The molecule has 0 heterocycles. The third-order valence-corrected chi connectivity index (χ3v) is 8.27. The molecule has 42 heavy (non-hydrogen) atoms. The van der Waals surface area contributed by atoms with Crippen LogP contribution in [0.5, 0.6) is 11.5 Å². The molecule has 1 N–H and O–H groups in total. The molecule has 0 aliphatic carbocycles. The van der Waals surface area contributed by atoms with Crippen molar-refractivity contribution in [3.63, 3.8) is 0 Å². The first-order valence-corrected chi connectivity index (χ1v) is 15.3. The standard InChI is InChI=1S/C32H41N3O6S/c1-8-41-29-12-10-9-11-28(29)35(42(38,39)27-19-13-23(2)14-20-27)22-30(36)34(24(3)31(37)33-32(4,5)6)21-25-15-17-26(40-7)18-16-25/h9-20,24H,8,21-22H2,1-7H3,(H,33,37)/t24-/m1/s1. The average molecular weight is 596 g/mol. The van der Waals surface area contributed by atoms with Crippen LogP contribution < -0.4 is 19.1 Å². The predicted molar refractivity (Wildman–Crippen MR) is 164 cm³/mol. The summed E-state index contributed by atoms with van der Waals surface area (Å²) in [5, 5.41) is 2.93. The Kier molecular flexibility index (Phi) is 10.6. The SMILES string of the molecule is CCOc1ccccc1N(CC(=O)N(Cc1ccc(OC)cc1)[C@H](C)C(=O)NC(C)(C)C)S(=O)(=O)c1ccc(C)cc1. The molecule has 0 saturated carbocycles. The lowest BCUT2D eigenvalue weighted by Crippen LogP contribution is -2.54. The second-order valence-electron chi connectivity index (χ2n) is 11.0. The van der Waals surface area contributed by atoms with E-state index in [4.69, 9.17) is 9.47 Å². The van der Waals surface area contributed by atoms with Crippen LogP contribution in [-0.4, -0.2) is 57.0 Å². The summed E-state index contributed by atoms with van der Waals surface area (Å²) < 4.78 is 40.2. The van der Waals surface area contributed by atoms with Gasteiger partial charge in [-0.2, -0.15) is 0 Å². The minimum Gasteiger partial charge on any atom is -0.497 e. The van der Waals surface area contributed by atoms with Gasteiger partial charge in [-0.15, -0.1) is 0 Å². The number of anilines is 1. The summed E-state index contributed by atoms with van der Waals surface area (Å²) in [6.45, 7) is 10.7. The fraction of sp³-hybridized carbons (Fsp3) is 0.375. The number of carbonyl (C=O) groups is 2. The van der Waals surface area contributed by atoms with Crippen molar-refractivity contribution in [1.82, 2.24) is 10.2 Å². The second kappa shape index (κ2) is 13.7. The minimum absolute atomic E-state index is 0.0347. The van der Waals surface area contributed by atoms with E-state index in [9.17, 15) is 18.0 Å². The van der Waals surface area contributed by atoms with Crippen LogP contribution in [0, 0.1) is 6.92 Å². The maximum absolute atomic E-state index is 14.1. The predicted octanol–water partition coefficient (Wildman–Crippen LogP) is 4.93. The first kappa shape index (κ1) is 32.5. The molecule has 0 radical (unpaired) electrons. The molecule has 0 aliphatic rings. The van der Waals surface area contributed by atoms with E-state index in [1.165, 1.54) is 17.0 Å². The monoisotopic (exact) mass is 595 g/mol. The van der Waals surface area contributed by atoms with Gasteiger partial charge in [-0.25, -0.2) is 8.42 Å². The lowest BCUT2D eigenvalue weighted by molar-refractivity contribution is -0.140. The Morgan fingerprint density at radius 1 is 0.952 bits per heavy atom. The Bertz CT molecular complexity index is 1470. The van der Waals surface area contributed by atoms with Gasteiger partial charge in [0.25, 0.3) is 10.0 Å². The van der Waals surface area contributed by atoms with Crippen molar-refractivity contribution < 1.29 is 27.5 Å². The molecule has 0 aromatic heterocycles. The van der Waals surface area contributed by atoms with Crippen LogP contribution in [0.3, 0.4) is 0 Å². The van der Waals surface area contributed by atoms with Crippen LogP contribution in [0.25, 0.3) is 0 Å². The number of nitrogens with zero attached hydrogens (tertiary/aromatic N) is 2. The highest BCUT2D eigenvalue weighted by molar-refractivity contribution is 7.92. The normalized spacial score (nSPS) is 12.3. The van der Waals surface area contributed by atoms with Gasteiger partial charge >= 0.3 is 0 Å². The minimum atomic E-state index is -4.21. The van der Waals surface area contributed by atoms with E-state index in [0.29, 0.717) is 18.1 Å². The van der Waals surface area contributed by atoms with Gasteiger partial charge in [0.2, 0.25) is 11.8 Å². The summed E-state index contributed by atoms with van der Waals surface area (Å²) in [7, 11) is -2.65. The maximum Gasteiger partial charge on any atom is 0.264 e. The maximum atomic E-state index is 14.1. The van der Waals surface area contributed by atoms with Gasteiger partial charge < -0.3 is 19.7 Å². The van der Waals surface area contributed by atoms with Crippen molar-refractivity contribution >= 4 is 27.5 Å². The van der Waals surface area contributed by atoms with Crippen LogP contribution in [0.2, 0.25) is 0 Å². The van der Waals surface area contributed by atoms with Crippen LogP contribution in [-0.2, 0) is 26.2 Å². The number of methoxy groups -OCH3 is 1. The number of hydrogen-bond acceptors (Lipinski definition) is 6. The van der Waals surface area contributed by atoms with E-state index < -0.39 is 34.1 Å². The third-order valence-electron chi connectivity index (χ3n) is 6.50. The summed E-state index contributed by atoms with van der Waals surface area (Å²) in [4.78, 5) is 28.8. The Hall–Kier alpha value is -4.05. The zero-order chi connectivity index (χ0) is 31.1. The number of benzene rings is 3. The van der Waals surface area contributed by atoms with E-state index in [0.717, 1.165) is 15.4 Å². The Balaban J connectivity index is 2.08. The van der Waals surface area contributed by atoms with Gasteiger partial charge in [0.1, 0.15) is 24.1 Å². The van der Waals surface area contributed by atoms with Gasteiger partial charge in [-0.05, 0) is 83.5 Å². The van der Waals surface area contributed by atoms with Crippen molar-refractivity contribution in [2.75, 3.05) is 24.6 Å². The number of aryl methyl sites for hydroxylation is 1. The number of carbonyl (C=O) groups excluding carboxylic acids is 2. The molecule has 0 fully saturated rings. The van der Waals surface area contributed by atoms with Crippen molar-refractivity contribution in [1.29, 1.82) is 0 Å². The molecule has 10 heteroatoms. The highest BCUT2D eigenvalue weighted by Crippen LogP contribution is 2.33. The lowest BCUT2D eigenvalue weighted by atomic mass is 10.1. The second-order valence-corrected chi connectivity index (χ2v) is 12.9. The lowest BCUT2D eigenvalue weighted by Gasteiger charge is -2.33. The topological polar surface area (TPSA) is 105 Å². The zero-order valence-electron chi connectivity index (χ0n) is 25.4. The molecule has 0 aliphatic heterocycles. The molecule has 0 spiro atoms. The number of sulfonamides is 1. The number of hydrogen-bond donors (Lipinski definition) is 1. The molecular weight excluding hydrogens is 554 g/mol. The molecule has 2 amide bonds. The van der Waals surface area contributed by atoms with Gasteiger partial charge in [-0.1, -0.05) is 42.0 Å². The molecule has 226 valence electrons. The van der Waals surface area contributed by atoms with E-state index in [1.54, 1.807) is 81.6 Å². The smallest absolute Gasteiger partial charge is 0.264 e. The van der Waals surface area contributed by atoms with E-state index in [-0.39, 0.29) is 23.0 Å². The third kappa shape index (κ3) is 8.25. The summed E-state index contributed by atoms with van der Waals surface area (Å²) in [5.74, 6) is 0.0677. The number of para-hydroxylation sites is 2. The zero-order valence-corrected chi connectivity index (χ0v) is 26.2. The van der Waals surface area contributed by atoms with Crippen LogP contribution >= 0.6 is 0 Å². The average Bonchev–Trinajstić information content (AvgIpc) is 2.94. The van der Waals surface area contributed by atoms with Crippen molar-refractivity contribution in [3.05, 3.63) is 83.9 Å². The molecule has 0 unspecified atom stereocenters. The largest absolute Gasteiger partial charge is 0.497 e. The first-order chi connectivity index (χ1) is 19.8. The summed E-state index contributed by atoms with van der Waals surface area (Å²) in [6, 6.07) is 19.4. The molecule has 3 rings (SSSR count). The van der Waals surface area contributed by atoms with E-state index in [1.807, 2.05) is 27.7 Å². The number of ether oxygens (including phenoxy) is 2.